The predicted molar refractivity (Wildman–Crippen MR) is 245 cm³/mol. The Morgan fingerprint density at radius 1 is 0.411 bits per heavy atom. The lowest BCUT2D eigenvalue weighted by Crippen LogP contribution is -2.29. The standard InChI is InChI=1S/C25H16S.C13H9Br.C12H9BO2S/c1-2-7-19-16(6-1)14-17-12-13-18(15-23(17)19)20-9-5-10-22-21-8-3-4-11-24(21)26-25(20)22;14-11-6-5-10-7-9-3-1-2-4-12(9)13(10)8-11;14-13(15)10-6-3-5-9-8-4-1-2-7-11(8)16-12(9)10/h1-13,15H,14H2;1-6,8H,7H2;1-7,14-15H. The number of thiophene rings is 2. The van der Waals surface area contributed by atoms with E-state index in [-0.39, 0.29) is 0 Å². The van der Waals surface area contributed by atoms with Gasteiger partial charge in [-0.1, -0.05) is 155 Å². The fourth-order valence-electron chi connectivity index (χ4n) is 8.33. The average Bonchev–Trinajstić information content (AvgIpc) is 4.01. The summed E-state index contributed by atoms with van der Waals surface area (Å²) in [5.41, 5.74) is 14.6. The lowest BCUT2D eigenvalue weighted by Gasteiger charge is -2.07. The van der Waals surface area contributed by atoms with E-state index < -0.39 is 7.12 Å². The van der Waals surface area contributed by atoms with Gasteiger partial charge >= 0.3 is 7.12 Å². The van der Waals surface area contributed by atoms with Crippen molar-refractivity contribution in [1.82, 2.24) is 0 Å². The number of halogens is 1. The first-order valence-corrected chi connectivity index (χ1v) is 21.2. The van der Waals surface area contributed by atoms with Gasteiger partial charge in [-0.3, -0.25) is 0 Å². The predicted octanol–water partition coefficient (Wildman–Crippen LogP) is 13.0. The smallest absolute Gasteiger partial charge is 0.423 e. The quantitative estimate of drug-likeness (QED) is 0.171. The summed E-state index contributed by atoms with van der Waals surface area (Å²) in [4.78, 5) is 0. The maximum Gasteiger partial charge on any atom is 0.489 e. The van der Waals surface area contributed by atoms with Crippen molar-refractivity contribution in [3.05, 3.63) is 197 Å². The summed E-state index contributed by atoms with van der Waals surface area (Å²) in [5, 5.41) is 23.6. The largest absolute Gasteiger partial charge is 0.489 e. The molecule has 0 aliphatic heterocycles. The second kappa shape index (κ2) is 14.6. The molecule has 2 heterocycles. The minimum atomic E-state index is -1.41. The molecule has 0 bridgehead atoms. The monoisotopic (exact) mass is 820 g/mol. The van der Waals surface area contributed by atoms with Crippen LogP contribution in [0, 0.1) is 0 Å². The molecule has 0 atom stereocenters. The van der Waals surface area contributed by atoms with Crippen LogP contribution in [0.4, 0.5) is 0 Å². The summed E-state index contributed by atoms with van der Waals surface area (Å²) >= 11 is 7.02. The van der Waals surface area contributed by atoms with E-state index in [1.165, 1.54) is 85.9 Å². The van der Waals surface area contributed by atoms with Crippen LogP contribution in [0.5, 0.6) is 0 Å². The van der Waals surface area contributed by atoms with Crippen molar-refractivity contribution in [3.63, 3.8) is 0 Å². The molecular weight excluding hydrogens is 787 g/mol. The van der Waals surface area contributed by atoms with E-state index in [2.05, 4.69) is 149 Å². The number of hydrogen-bond donors (Lipinski definition) is 2. The molecule has 0 radical (unpaired) electrons. The summed E-state index contributed by atoms with van der Waals surface area (Å²) in [6, 6.07) is 60.1. The summed E-state index contributed by atoms with van der Waals surface area (Å²) in [6.07, 6.45) is 2.14. The lowest BCUT2D eigenvalue weighted by molar-refractivity contribution is 0.426. The average molecular weight is 822 g/mol. The first kappa shape index (κ1) is 35.1. The molecule has 2 N–H and O–H groups in total. The van der Waals surface area contributed by atoms with Gasteiger partial charge in [0, 0.05) is 39.4 Å². The Labute approximate surface area is 342 Å². The SMILES string of the molecule is Brc1ccc2c(c1)-c1ccccc1C2.OB(O)c1cccc2c1sc1ccccc12.c1ccc2c(c1)Cc1ccc(-c3cccc4c3sc3ccccc34)cc1-2. The van der Waals surface area contributed by atoms with Crippen LogP contribution in [-0.4, -0.2) is 17.2 Å². The van der Waals surface area contributed by atoms with Crippen LogP contribution in [0.1, 0.15) is 22.3 Å². The molecule has 0 fully saturated rings. The van der Waals surface area contributed by atoms with E-state index in [9.17, 15) is 10.0 Å². The molecule has 0 spiro atoms. The van der Waals surface area contributed by atoms with Crippen LogP contribution in [0.3, 0.4) is 0 Å². The van der Waals surface area contributed by atoms with Gasteiger partial charge in [0.25, 0.3) is 0 Å². The molecule has 8 aromatic carbocycles. The lowest BCUT2D eigenvalue weighted by atomic mass is 9.80. The van der Waals surface area contributed by atoms with Gasteiger partial charge < -0.3 is 10.0 Å². The van der Waals surface area contributed by atoms with E-state index in [0.29, 0.717) is 5.46 Å². The van der Waals surface area contributed by atoms with Crippen molar-refractivity contribution in [3.8, 4) is 33.4 Å². The Kier molecular flexibility index (Phi) is 9.17. The van der Waals surface area contributed by atoms with Crippen molar-refractivity contribution >= 4 is 91.5 Å². The van der Waals surface area contributed by atoms with Gasteiger partial charge in [0.2, 0.25) is 0 Å². The molecule has 0 saturated heterocycles. The van der Waals surface area contributed by atoms with Gasteiger partial charge in [-0.25, -0.2) is 0 Å². The number of fused-ring (bicyclic) bond motifs is 12. The molecule has 268 valence electrons. The second-order valence-electron chi connectivity index (χ2n) is 14.3. The van der Waals surface area contributed by atoms with Crippen molar-refractivity contribution in [2.45, 2.75) is 12.8 Å². The maximum atomic E-state index is 9.31. The van der Waals surface area contributed by atoms with Gasteiger partial charge in [0.05, 0.1) is 0 Å². The Morgan fingerprint density at radius 2 is 0.893 bits per heavy atom. The van der Waals surface area contributed by atoms with Crippen LogP contribution in [0.15, 0.2) is 174 Å². The Hall–Kier alpha value is -5.34. The van der Waals surface area contributed by atoms with Crippen molar-refractivity contribution < 1.29 is 10.0 Å². The van der Waals surface area contributed by atoms with Crippen LogP contribution in [-0.2, 0) is 12.8 Å². The van der Waals surface area contributed by atoms with Gasteiger partial charge in [-0.05, 0) is 110 Å². The van der Waals surface area contributed by atoms with Gasteiger partial charge in [-0.2, -0.15) is 0 Å². The van der Waals surface area contributed by atoms with Gasteiger partial charge in [0.15, 0.2) is 0 Å². The minimum Gasteiger partial charge on any atom is -0.423 e. The molecular formula is C50H34BBrO2S2. The van der Waals surface area contributed by atoms with Crippen LogP contribution < -0.4 is 5.46 Å². The van der Waals surface area contributed by atoms with E-state index in [1.54, 1.807) is 17.4 Å². The van der Waals surface area contributed by atoms with E-state index in [0.717, 1.165) is 27.4 Å². The molecule has 2 aromatic heterocycles. The van der Waals surface area contributed by atoms with Gasteiger partial charge in [0.1, 0.15) is 0 Å². The first-order valence-electron chi connectivity index (χ1n) is 18.7. The highest BCUT2D eigenvalue weighted by atomic mass is 79.9. The molecule has 0 saturated carbocycles. The molecule has 10 aromatic rings. The van der Waals surface area contributed by atoms with Crippen molar-refractivity contribution in [2.75, 3.05) is 0 Å². The third-order valence-corrected chi connectivity index (χ3v) is 13.9. The third kappa shape index (κ3) is 6.28. The van der Waals surface area contributed by atoms with Crippen LogP contribution in [0.2, 0.25) is 0 Å². The molecule has 2 aliphatic carbocycles. The molecule has 56 heavy (non-hydrogen) atoms. The van der Waals surface area contributed by atoms with Crippen LogP contribution in [0.25, 0.3) is 73.7 Å². The minimum absolute atomic E-state index is 0.582. The van der Waals surface area contributed by atoms with Crippen LogP contribution >= 0.6 is 38.6 Å². The summed E-state index contributed by atoms with van der Waals surface area (Å²) in [6.45, 7) is 0. The topological polar surface area (TPSA) is 40.5 Å². The van der Waals surface area contributed by atoms with Crippen molar-refractivity contribution in [2.24, 2.45) is 0 Å². The zero-order valence-corrected chi connectivity index (χ0v) is 33.5. The van der Waals surface area contributed by atoms with Gasteiger partial charge in [-0.15, -0.1) is 22.7 Å². The zero-order valence-electron chi connectivity index (χ0n) is 30.2. The normalized spacial score (nSPS) is 12.1. The fraction of sp³-hybridized carbons (Fsp3) is 0.0400. The van der Waals surface area contributed by atoms with Crippen molar-refractivity contribution in [1.29, 1.82) is 0 Å². The Bertz CT molecular complexity index is 3110. The van der Waals surface area contributed by atoms with E-state index >= 15 is 0 Å². The Morgan fingerprint density at radius 3 is 1.55 bits per heavy atom. The molecule has 2 nitrogen and oxygen atoms in total. The zero-order chi connectivity index (χ0) is 37.8. The summed E-state index contributed by atoms with van der Waals surface area (Å²) < 4.78 is 6.04. The fourth-order valence-corrected chi connectivity index (χ4v) is 11.2. The molecule has 2 aliphatic rings. The summed E-state index contributed by atoms with van der Waals surface area (Å²) in [7, 11) is -1.41. The highest BCUT2D eigenvalue weighted by Gasteiger charge is 2.20. The highest BCUT2D eigenvalue weighted by molar-refractivity contribution is 9.10. The van der Waals surface area contributed by atoms with E-state index in [4.69, 9.17) is 0 Å². The maximum absolute atomic E-state index is 9.31. The third-order valence-electron chi connectivity index (χ3n) is 11.0. The number of hydrogen-bond acceptors (Lipinski definition) is 4. The molecule has 0 unspecified atom stereocenters. The molecule has 0 amide bonds. The number of rotatable bonds is 2. The second-order valence-corrected chi connectivity index (χ2v) is 17.3. The number of benzene rings is 8. The molecule has 6 heteroatoms. The molecule has 12 rings (SSSR count). The summed E-state index contributed by atoms with van der Waals surface area (Å²) in [5.74, 6) is 0. The highest BCUT2D eigenvalue weighted by Crippen LogP contribution is 2.43. The Balaban J connectivity index is 0.000000110. The first-order chi connectivity index (χ1) is 27.5. The van der Waals surface area contributed by atoms with E-state index in [1.807, 2.05) is 41.7 Å².